The molecule has 7 heteroatoms. The molecule has 1 fully saturated rings. The van der Waals surface area contributed by atoms with Crippen LogP contribution in [0, 0.1) is 5.92 Å². The highest BCUT2D eigenvalue weighted by atomic mass is 16.5. The van der Waals surface area contributed by atoms with Crippen LogP contribution in [0.25, 0.3) is 0 Å². The standard InChI is InChI=1S/C26H35N3O4/c1-28(2)22(14-19-8-6-5-7-9-19)18-27-25(30)20-10-12-29(13-11-20)26(31)21-15-23(32-3)17-24(16-21)33-4/h5-9,15-17,20,22H,10-14,18H2,1-4H3,(H,27,30). The van der Waals surface area contributed by atoms with Crippen molar-refractivity contribution < 1.29 is 19.1 Å². The van der Waals surface area contributed by atoms with E-state index >= 15 is 0 Å². The van der Waals surface area contributed by atoms with Gasteiger partial charge in [-0.1, -0.05) is 30.3 Å². The molecule has 0 spiro atoms. The van der Waals surface area contributed by atoms with Gasteiger partial charge in [-0.3, -0.25) is 9.59 Å². The molecular formula is C26H35N3O4. The molecule has 1 saturated heterocycles. The van der Waals surface area contributed by atoms with Crippen molar-refractivity contribution in [1.29, 1.82) is 0 Å². The number of nitrogens with zero attached hydrogens (tertiary/aromatic N) is 2. The van der Waals surface area contributed by atoms with Gasteiger partial charge in [-0.25, -0.2) is 0 Å². The Morgan fingerprint density at radius 3 is 2.18 bits per heavy atom. The molecular weight excluding hydrogens is 418 g/mol. The molecule has 0 saturated carbocycles. The van der Waals surface area contributed by atoms with E-state index in [1.165, 1.54) is 5.56 Å². The summed E-state index contributed by atoms with van der Waals surface area (Å²) in [6, 6.07) is 15.7. The van der Waals surface area contributed by atoms with Crippen LogP contribution in [-0.4, -0.2) is 75.6 Å². The van der Waals surface area contributed by atoms with E-state index < -0.39 is 0 Å². The highest BCUT2D eigenvalue weighted by Crippen LogP contribution is 2.25. The smallest absolute Gasteiger partial charge is 0.254 e. The Kier molecular flexibility index (Phi) is 8.72. The zero-order valence-corrected chi connectivity index (χ0v) is 20.0. The molecule has 1 atom stereocenters. The molecule has 1 aliphatic heterocycles. The maximum absolute atomic E-state index is 13.0. The lowest BCUT2D eigenvalue weighted by Crippen LogP contribution is -2.46. The van der Waals surface area contributed by atoms with Gasteiger partial charge >= 0.3 is 0 Å². The third kappa shape index (κ3) is 6.71. The summed E-state index contributed by atoms with van der Waals surface area (Å²) in [7, 11) is 7.20. The van der Waals surface area contributed by atoms with Crippen LogP contribution in [0.5, 0.6) is 11.5 Å². The minimum Gasteiger partial charge on any atom is -0.497 e. The lowest BCUT2D eigenvalue weighted by Gasteiger charge is -2.32. The van der Waals surface area contributed by atoms with Crippen LogP contribution in [0.3, 0.4) is 0 Å². The first kappa shape index (κ1) is 24.6. The van der Waals surface area contributed by atoms with E-state index in [0.29, 0.717) is 49.5 Å². The molecule has 7 nitrogen and oxygen atoms in total. The largest absolute Gasteiger partial charge is 0.497 e. The van der Waals surface area contributed by atoms with Crippen molar-refractivity contribution in [2.45, 2.75) is 25.3 Å². The maximum Gasteiger partial charge on any atom is 0.254 e. The number of piperidine rings is 1. The summed E-state index contributed by atoms with van der Waals surface area (Å²) in [6.45, 7) is 1.71. The molecule has 0 radical (unpaired) electrons. The minimum absolute atomic E-state index is 0.0680. The van der Waals surface area contributed by atoms with Crippen molar-refractivity contribution in [3.8, 4) is 11.5 Å². The van der Waals surface area contributed by atoms with Crippen LogP contribution in [0.15, 0.2) is 48.5 Å². The predicted octanol–water partition coefficient (Wildman–Crippen LogP) is 2.85. The second-order valence-corrected chi connectivity index (χ2v) is 8.72. The molecule has 1 unspecified atom stereocenters. The van der Waals surface area contributed by atoms with E-state index in [-0.39, 0.29) is 23.8 Å². The second-order valence-electron chi connectivity index (χ2n) is 8.72. The molecule has 2 aromatic carbocycles. The van der Waals surface area contributed by atoms with Gasteiger partial charge in [0.2, 0.25) is 5.91 Å². The number of likely N-dealkylation sites (N-methyl/N-ethyl adjacent to an activating group) is 1. The van der Waals surface area contributed by atoms with Gasteiger partial charge in [0, 0.05) is 43.2 Å². The third-order valence-corrected chi connectivity index (χ3v) is 6.31. The summed E-state index contributed by atoms with van der Waals surface area (Å²) in [5, 5.41) is 3.14. The van der Waals surface area contributed by atoms with Crippen LogP contribution >= 0.6 is 0 Å². The number of hydrogen-bond donors (Lipinski definition) is 1. The molecule has 2 amide bonds. The van der Waals surface area contributed by atoms with E-state index in [0.717, 1.165) is 6.42 Å². The molecule has 2 aromatic rings. The lowest BCUT2D eigenvalue weighted by molar-refractivity contribution is -0.126. The summed E-state index contributed by atoms with van der Waals surface area (Å²) >= 11 is 0. The number of nitrogens with one attached hydrogen (secondary N) is 1. The monoisotopic (exact) mass is 453 g/mol. The summed E-state index contributed by atoms with van der Waals surface area (Å²) in [5.74, 6) is 1.09. The van der Waals surface area contributed by atoms with Crippen LogP contribution in [0.1, 0.15) is 28.8 Å². The van der Waals surface area contributed by atoms with E-state index in [9.17, 15) is 9.59 Å². The molecule has 0 bridgehead atoms. The first-order valence-electron chi connectivity index (χ1n) is 11.4. The normalized spacial score (nSPS) is 15.2. The third-order valence-electron chi connectivity index (χ3n) is 6.31. The average molecular weight is 454 g/mol. The number of benzene rings is 2. The SMILES string of the molecule is COc1cc(OC)cc(C(=O)N2CCC(C(=O)NCC(Cc3ccccc3)N(C)C)CC2)c1. The van der Waals surface area contributed by atoms with Gasteiger partial charge in [0.05, 0.1) is 14.2 Å². The Balaban J connectivity index is 1.51. The first-order chi connectivity index (χ1) is 15.9. The quantitative estimate of drug-likeness (QED) is 0.632. The summed E-state index contributed by atoms with van der Waals surface area (Å²) in [4.78, 5) is 29.8. The molecule has 33 heavy (non-hydrogen) atoms. The van der Waals surface area contributed by atoms with Gasteiger partial charge in [0.15, 0.2) is 0 Å². The van der Waals surface area contributed by atoms with E-state index in [1.807, 2.05) is 32.3 Å². The fourth-order valence-corrected chi connectivity index (χ4v) is 4.14. The van der Waals surface area contributed by atoms with Gasteiger partial charge in [-0.15, -0.1) is 0 Å². The summed E-state index contributed by atoms with van der Waals surface area (Å²) in [6.07, 6.45) is 2.19. The zero-order valence-electron chi connectivity index (χ0n) is 20.0. The molecule has 3 rings (SSSR count). The van der Waals surface area contributed by atoms with Crippen LogP contribution in [-0.2, 0) is 11.2 Å². The molecule has 0 aliphatic carbocycles. The molecule has 178 valence electrons. The molecule has 1 aliphatic rings. The van der Waals surface area contributed by atoms with Crippen molar-refractivity contribution in [2.24, 2.45) is 5.92 Å². The number of rotatable bonds is 9. The van der Waals surface area contributed by atoms with Gasteiger partial charge < -0.3 is 24.6 Å². The van der Waals surface area contributed by atoms with Crippen molar-refractivity contribution in [2.75, 3.05) is 47.9 Å². The Morgan fingerprint density at radius 1 is 1.03 bits per heavy atom. The van der Waals surface area contributed by atoms with Crippen molar-refractivity contribution in [1.82, 2.24) is 15.1 Å². The number of carbonyl (C=O) groups excluding carboxylic acids is 2. The van der Waals surface area contributed by atoms with Crippen molar-refractivity contribution >= 4 is 11.8 Å². The zero-order chi connectivity index (χ0) is 23.8. The van der Waals surface area contributed by atoms with Gasteiger partial charge in [-0.2, -0.15) is 0 Å². The molecule has 0 aromatic heterocycles. The van der Waals surface area contributed by atoms with Crippen molar-refractivity contribution in [3.05, 3.63) is 59.7 Å². The van der Waals surface area contributed by atoms with Gasteiger partial charge in [0.25, 0.3) is 5.91 Å². The van der Waals surface area contributed by atoms with E-state index in [2.05, 4.69) is 22.3 Å². The minimum atomic E-state index is -0.0755. The maximum atomic E-state index is 13.0. The van der Waals surface area contributed by atoms with Gasteiger partial charge in [-0.05, 0) is 51.1 Å². The summed E-state index contributed by atoms with van der Waals surface area (Å²) in [5.41, 5.74) is 1.79. The number of ether oxygens (including phenoxy) is 2. The van der Waals surface area contributed by atoms with Crippen LogP contribution < -0.4 is 14.8 Å². The number of amides is 2. The highest BCUT2D eigenvalue weighted by molar-refractivity contribution is 5.95. The van der Waals surface area contributed by atoms with Crippen LogP contribution in [0.2, 0.25) is 0 Å². The van der Waals surface area contributed by atoms with Gasteiger partial charge in [0.1, 0.15) is 11.5 Å². The number of likely N-dealkylation sites (tertiary alicyclic amines) is 1. The Hall–Kier alpha value is -3.06. The van der Waals surface area contributed by atoms with Crippen LogP contribution in [0.4, 0.5) is 0 Å². The molecule has 1 N–H and O–H groups in total. The molecule has 1 heterocycles. The van der Waals surface area contributed by atoms with Crippen molar-refractivity contribution in [3.63, 3.8) is 0 Å². The Morgan fingerprint density at radius 2 is 1.64 bits per heavy atom. The first-order valence-corrected chi connectivity index (χ1v) is 11.4. The number of carbonyl (C=O) groups is 2. The van der Waals surface area contributed by atoms with E-state index in [1.54, 1.807) is 37.3 Å². The second kappa shape index (κ2) is 11.7. The summed E-state index contributed by atoms with van der Waals surface area (Å²) < 4.78 is 10.6. The Labute approximate surface area is 196 Å². The number of methoxy groups -OCH3 is 2. The average Bonchev–Trinajstić information content (AvgIpc) is 2.86. The Bertz CT molecular complexity index is 902. The topological polar surface area (TPSA) is 71.1 Å². The number of hydrogen-bond acceptors (Lipinski definition) is 5. The fraction of sp³-hybridized carbons (Fsp3) is 0.462. The van der Waals surface area contributed by atoms with E-state index in [4.69, 9.17) is 9.47 Å². The lowest BCUT2D eigenvalue weighted by atomic mass is 9.95. The fourth-order valence-electron chi connectivity index (χ4n) is 4.14. The predicted molar refractivity (Wildman–Crippen MR) is 129 cm³/mol. The highest BCUT2D eigenvalue weighted by Gasteiger charge is 2.28.